The molecule has 1 aromatic rings. The number of amides is 1. The van der Waals surface area contributed by atoms with Crippen LogP contribution >= 0.6 is 43.2 Å². The molecule has 0 radical (unpaired) electrons. The van der Waals surface area contributed by atoms with Gasteiger partial charge in [-0.05, 0) is 63.1 Å². The van der Waals surface area contributed by atoms with Crippen molar-refractivity contribution in [3.8, 4) is 0 Å². The van der Waals surface area contributed by atoms with Gasteiger partial charge in [0.1, 0.15) is 0 Å². The first-order valence-corrected chi connectivity index (χ1v) is 8.65. The lowest BCUT2D eigenvalue weighted by Crippen LogP contribution is -2.34. The van der Waals surface area contributed by atoms with Crippen molar-refractivity contribution in [3.63, 3.8) is 0 Å². The first kappa shape index (κ1) is 14.5. The zero-order chi connectivity index (χ0) is 13.3. The smallest absolute Gasteiger partial charge is 0.264 e. The number of rotatable bonds is 5. The van der Waals surface area contributed by atoms with Gasteiger partial charge in [0, 0.05) is 17.1 Å². The number of carbonyl (C=O) groups is 1. The summed E-state index contributed by atoms with van der Waals surface area (Å²) in [6.07, 6.45) is 3.41. The highest BCUT2D eigenvalue weighted by atomic mass is 79.9. The second-order valence-electron chi connectivity index (χ2n) is 5.14. The summed E-state index contributed by atoms with van der Waals surface area (Å²) < 4.78 is 1.96. The van der Waals surface area contributed by atoms with Gasteiger partial charge in [-0.15, -0.1) is 11.3 Å². The molecular weight excluding hydrogens is 378 g/mol. The van der Waals surface area contributed by atoms with Crippen molar-refractivity contribution >= 4 is 49.1 Å². The summed E-state index contributed by atoms with van der Waals surface area (Å²) in [5.74, 6) is 0.829. The summed E-state index contributed by atoms with van der Waals surface area (Å²) in [7, 11) is 0. The van der Waals surface area contributed by atoms with E-state index in [1.165, 1.54) is 11.3 Å². The standard InChI is InChI=1S/C13H17Br2NOS/c1-8(2)5-6-16(9-3-4-9)13(17)11-7-10(14)12(15)18-11/h7-9H,3-6H2,1-2H3. The van der Waals surface area contributed by atoms with Gasteiger partial charge in [-0.2, -0.15) is 0 Å². The van der Waals surface area contributed by atoms with Crippen LogP contribution in [0.1, 0.15) is 42.8 Å². The largest absolute Gasteiger partial charge is 0.335 e. The van der Waals surface area contributed by atoms with E-state index in [1.54, 1.807) is 0 Å². The van der Waals surface area contributed by atoms with E-state index >= 15 is 0 Å². The van der Waals surface area contributed by atoms with E-state index in [4.69, 9.17) is 0 Å². The van der Waals surface area contributed by atoms with E-state index in [9.17, 15) is 4.79 Å². The van der Waals surface area contributed by atoms with Gasteiger partial charge in [0.25, 0.3) is 5.91 Å². The van der Waals surface area contributed by atoms with Crippen molar-refractivity contribution in [2.75, 3.05) is 6.54 Å². The Bertz CT molecular complexity index is 421. The van der Waals surface area contributed by atoms with Gasteiger partial charge >= 0.3 is 0 Å². The van der Waals surface area contributed by atoms with Crippen molar-refractivity contribution in [2.45, 2.75) is 39.2 Å². The highest BCUT2D eigenvalue weighted by molar-refractivity contribution is 9.13. The van der Waals surface area contributed by atoms with Gasteiger partial charge in [0.05, 0.1) is 8.66 Å². The van der Waals surface area contributed by atoms with Crippen LogP contribution in [0.2, 0.25) is 0 Å². The summed E-state index contributed by atoms with van der Waals surface area (Å²) >= 11 is 8.40. The van der Waals surface area contributed by atoms with E-state index in [0.717, 1.165) is 38.9 Å². The lowest BCUT2D eigenvalue weighted by Gasteiger charge is -2.22. The van der Waals surface area contributed by atoms with Crippen LogP contribution in [0.3, 0.4) is 0 Å². The maximum Gasteiger partial charge on any atom is 0.264 e. The van der Waals surface area contributed by atoms with Crippen LogP contribution in [0.4, 0.5) is 0 Å². The number of hydrogen-bond donors (Lipinski definition) is 0. The summed E-state index contributed by atoms with van der Waals surface area (Å²) in [5.41, 5.74) is 0. The molecular formula is C13H17Br2NOS. The van der Waals surface area contributed by atoms with Crippen molar-refractivity contribution in [1.82, 2.24) is 4.90 Å². The van der Waals surface area contributed by atoms with Crippen molar-refractivity contribution in [2.24, 2.45) is 5.92 Å². The van der Waals surface area contributed by atoms with E-state index in [2.05, 4.69) is 50.6 Å². The van der Waals surface area contributed by atoms with Gasteiger partial charge in [0.15, 0.2) is 0 Å². The Labute approximate surface area is 129 Å². The number of halogens is 2. The maximum atomic E-state index is 12.5. The van der Waals surface area contributed by atoms with E-state index < -0.39 is 0 Å². The monoisotopic (exact) mass is 393 g/mol. The van der Waals surface area contributed by atoms with Crippen LogP contribution in [0.25, 0.3) is 0 Å². The second kappa shape index (κ2) is 6.06. The molecule has 18 heavy (non-hydrogen) atoms. The van der Waals surface area contributed by atoms with Gasteiger partial charge in [-0.3, -0.25) is 4.79 Å². The molecule has 2 nitrogen and oxygen atoms in total. The van der Waals surface area contributed by atoms with E-state index in [0.29, 0.717) is 12.0 Å². The normalized spacial score (nSPS) is 15.2. The molecule has 1 fully saturated rings. The van der Waals surface area contributed by atoms with Crippen LogP contribution in [0.15, 0.2) is 14.3 Å². The Hall–Kier alpha value is 0.130. The van der Waals surface area contributed by atoms with Crippen LogP contribution < -0.4 is 0 Å². The summed E-state index contributed by atoms with van der Waals surface area (Å²) in [4.78, 5) is 15.4. The molecule has 1 aliphatic rings. The SMILES string of the molecule is CC(C)CCN(C(=O)c1cc(Br)c(Br)s1)C1CC1. The van der Waals surface area contributed by atoms with E-state index in [1.807, 2.05) is 6.07 Å². The minimum atomic E-state index is 0.189. The van der Waals surface area contributed by atoms with Crippen LogP contribution in [-0.2, 0) is 0 Å². The molecule has 1 amide bonds. The third kappa shape index (κ3) is 3.58. The molecule has 0 saturated heterocycles. The Morgan fingerprint density at radius 3 is 2.61 bits per heavy atom. The molecule has 0 spiro atoms. The van der Waals surface area contributed by atoms with Crippen molar-refractivity contribution < 1.29 is 4.79 Å². The van der Waals surface area contributed by atoms with E-state index in [-0.39, 0.29) is 5.91 Å². The zero-order valence-electron chi connectivity index (χ0n) is 10.6. The second-order valence-corrected chi connectivity index (χ2v) is 8.37. The molecule has 1 saturated carbocycles. The van der Waals surface area contributed by atoms with Gasteiger partial charge in [-0.25, -0.2) is 0 Å². The summed E-state index contributed by atoms with van der Waals surface area (Å²) in [6.45, 7) is 5.29. The molecule has 0 bridgehead atoms. The van der Waals surface area contributed by atoms with Crippen LogP contribution in [0, 0.1) is 5.92 Å². The minimum Gasteiger partial charge on any atom is -0.335 e. The summed E-state index contributed by atoms with van der Waals surface area (Å²) in [5, 5.41) is 0. The lowest BCUT2D eigenvalue weighted by atomic mass is 10.1. The first-order valence-electron chi connectivity index (χ1n) is 6.25. The molecule has 0 atom stereocenters. The molecule has 2 rings (SSSR count). The van der Waals surface area contributed by atoms with Crippen LogP contribution in [-0.4, -0.2) is 23.4 Å². The summed E-state index contributed by atoms with van der Waals surface area (Å²) in [6, 6.07) is 2.40. The average Bonchev–Trinajstić information content (AvgIpc) is 3.06. The fourth-order valence-electron chi connectivity index (χ4n) is 1.83. The molecule has 0 aromatic carbocycles. The molecule has 5 heteroatoms. The number of hydrogen-bond acceptors (Lipinski definition) is 2. The zero-order valence-corrected chi connectivity index (χ0v) is 14.6. The van der Waals surface area contributed by atoms with Gasteiger partial charge in [0.2, 0.25) is 0 Å². The quantitative estimate of drug-likeness (QED) is 0.693. The minimum absolute atomic E-state index is 0.189. The third-order valence-corrected chi connectivity index (χ3v) is 6.30. The number of carbonyl (C=O) groups excluding carboxylic acids is 1. The van der Waals surface area contributed by atoms with Gasteiger partial charge in [-0.1, -0.05) is 13.8 Å². The molecule has 0 aliphatic heterocycles. The highest BCUT2D eigenvalue weighted by Crippen LogP contribution is 2.35. The average molecular weight is 395 g/mol. The topological polar surface area (TPSA) is 20.3 Å². The third-order valence-electron chi connectivity index (χ3n) is 3.05. The van der Waals surface area contributed by atoms with Crippen molar-refractivity contribution in [3.05, 3.63) is 19.2 Å². The Balaban J connectivity index is 2.08. The molecule has 1 aromatic heterocycles. The lowest BCUT2D eigenvalue weighted by molar-refractivity contribution is 0.0740. The molecule has 1 aliphatic carbocycles. The number of thiophene rings is 1. The molecule has 0 N–H and O–H groups in total. The Morgan fingerprint density at radius 2 is 2.17 bits per heavy atom. The predicted octanol–water partition coefficient (Wildman–Crippen LogP) is 4.92. The Kier molecular flexibility index (Phi) is 4.89. The first-order chi connectivity index (χ1) is 8.49. The van der Waals surface area contributed by atoms with Gasteiger partial charge < -0.3 is 4.90 Å². The molecule has 100 valence electrons. The van der Waals surface area contributed by atoms with Crippen LogP contribution in [0.5, 0.6) is 0 Å². The Morgan fingerprint density at radius 1 is 1.50 bits per heavy atom. The van der Waals surface area contributed by atoms with Crippen molar-refractivity contribution in [1.29, 1.82) is 0 Å². The maximum absolute atomic E-state index is 12.5. The molecule has 1 heterocycles. The molecule has 0 unspecified atom stereocenters. The number of nitrogens with zero attached hydrogens (tertiary/aromatic N) is 1. The highest BCUT2D eigenvalue weighted by Gasteiger charge is 2.33. The predicted molar refractivity (Wildman–Crippen MR) is 83.2 cm³/mol. The fourth-order valence-corrected chi connectivity index (χ4v) is 3.82. The fraction of sp³-hybridized carbons (Fsp3) is 0.615.